The van der Waals surface area contributed by atoms with E-state index in [4.69, 9.17) is 14.0 Å². The number of aryl methyl sites for hydroxylation is 2. The average Bonchev–Trinajstić information content (AvgIpc) is 3.43. The highest BCUT2D eigenvalue weighted by molar-refractivity contribution is 5.30. The van der Waals surface area contributed by atoms with Crippen molar-refractivity contribution < 1.29 is 14.0 Å². The second kappa shape index (κ2) is 8.35. The van der Waals surface area contributed by atoms with Crippen molar-refractivity contribution in [3.05, 3.63) is 17.5 Å². The van der Waals surface area contributed by atoms with Crippen molar-refractivity contribution in [2.24, 2.45) is 5.92 Å². The Morgan fingerprint density at radius 1 is 1.22 bits per heavy atom. The smallest absolute Gasteiger partial charge is 0.227 e. The fraction of sp³-hybridized carbons (Fsp3) is 0.778. The highest BCUT2D eigenvalue weighted by atomic mass is 16.5. The molecule has 4 rings (SSSR count). The molecule has 27 heavy (non-hydrogen) atoms. The van der Waals surface area contributed by atoms with Crippen LogP contribution in [0.4, 0.5) is 5.95 Å². The number of ether oxygens (including phenoxy) is 2. The molecule has 2 atom stereocenters. The first-order valence-corrected chi connectivity index (χ1v) is 9.83. The Balaban J connectivity index is 1.47. The minimum Gasteiger partial charge on any atom is -0.381 e. The molecule has 2 saturated heterocycles. The molecule has 0 N–H and O–H groups in total. The summed E-state index contributed by atoms with van der Waals surface area (Å²) in [5, 5.41) is 12.8. The van der Waals surface area contributed by atoms with Crippen molar-refractivity contribution >= 4 is 5.95 Å². The second-order valence-electron chi connectivity index (χ2n) is 7.46. The van der Waals surface area contributed by atoms with E-state index >= 15 is 0 Å². The van der Waals surface area contributed by atoms with Crippen LogP contribution >= 0.6 is 0 Å². The summed E-state index contributed by atoms with van der Waals surface area (Å²) < 4.78 is 18.8. The molecule has 0 amide bonds. The van der Waals surface area contributed by atoms with E-state index in [1.807, 2.05) is 6.92 Å². The van der Waals surface area contributed by atoms with Crippen LogP contribution in [0.1, 0.15) is 49.3 Å². The minimum atomic E-state index is 0.0418. The van der Waals surface area contributed by atoms with Crippen molar-refractivity contribution in [1.82, 2.24) is 24.9 Å². The number of rotatable bonds is 8. The third-order valence-electron chi connectivity index (χ3n) is 5.22. The maximum atomic E-state index is 5.87. The summed E-state index contributed by atoms with van der Waals surface area (Å²) >= 11 is 0. The first-order valence-electron chi connectivity index (χ1n) is 9.83. The Morgan fingerprint density at radius 2 is 2.15 bits per heavy atom. The molecule has 9 nitrogen and oxygen atoms in total. The standard InChI is InChI=1S/C18H28N6O3/c1-13-19-16(27-22-13)6-3-8-24-17(15-5-4-9-26-15)20-21-18(24)23(2)11-14-7-10-25-12-14/h14-15H,3-12H2,1-2H3/t14?,15-/m1/s1. The molecule has 4 heterocycles. The number of anilines is 1. The van der Waals surface area contributed by atoms with Crippen molar-refractivity contribution in [1.29, 1.82) is 0 Å². The molecule has 2 fully saturated rings. The molecular formula is C18H28N6O3. The Labute approximate surface area is 159 Å². The highest BCUT2D eigenvalue weighted by Crippen LogP contribution is 2.30. The first-order chi connectivity index (χ1) is 13.2. The van der Waals surface area contributed by atoms with E-state index in [1.165, 1.54) is 0 Å². The zero-order valence-electron chi connectivity index (χ0n) is 16.1. The average molecular weight is 376 g/mol. The monoisotopic (exact) mass is 376 g/mol. The van der Waals surface area contributed by atoms with E-state index in [2.05, 4.69) is 36.9 Å². The van der Waals surface area contributed by atoms with Gasteiger partial charge in [-0.05, 0) is 32.6 Å². The van der Waals surface area contributed by atoms with E-state index in [0.29, 0.717) is 17.6 Å². The first kappa shape index (κ1) is 18.4. The van der Waals surface area contributed by atoms with Gasteiger partial charge in [-0.25, -0.2) is 0 Å². The maximum Gasteiger partial charge on any atom is 0.227 e. The lowest BCUT2D eigenvalue weighted by molar-refractivity contribution is 0.101. The second-order valence-corrected chi connectivity index (χ2v) is 7.46. The molecule has 1 unspecified atom stereocenters. The predicted molar refractivity (Wildman–Crippen MR) is 97.5 cm³/mol. The van der Waals surface area contributed by atoms with E-state index < -0.39 is 0 Å². The lowest BCUT2D eigenvalue weighted by atomic mass is 10.1. The van der Waals surface area contributed by atoms with Crippen LogP contribution in [0.25, 0.3) is 0 Å². The van der Waals surface area contributed by atoms with Gasteiger partial charge >= 0.3 is 0 Å². The normalized spacial score (nSPS) is 22.6. The summed E-state index contributed by atoms with van der Waals surface area (Å²) in [5.41, 5.74) is 0. The van der Waals surface area contributed by atoms with Gasteiger partial charge in [-0.1, -0.05) is 5.16 Å². The number of hydrogen-bond donors (Lipinski definition) is 0. The molecule has 0 aliphatic carbocycles. The molecule has 148 valence electrons. The minimum absolute atomic E-state index is 0.0418. The van der Waals surface area contributed by atoms with Gasteiger partial charge in [0.05, 0.1) is 6.61 Å². The third-order valence-corrected chi connectivity index (χ3v) is 5.22. The van der Waals surface area contributed by atoms with Crippen LogP contribution in [0, 0.1) is 12.8 Å². The molecule has 0 radical (unpaired) electrons. The Kier molecular flexibility index (Phi) is 5.68. The Hall–Kier alpha value is -2.00. The largest absolute Gasteiger partial charge is 0.381 e. The SMILES string of the molecule is Cc1noc(CCCn2c([C@H]3CCCO3)nnc2N(C)CC2CCOC2)n1. The van der Waals surface area contributed by atoms with Crippen molar-refractivity contribution in [2.45, 2.75) is 51.7 Å². The lowest BCUT2D eigenvalue weighted by Crippen LogP contribution is -2.28. The van der Waals surface area contributed by atoms with Crippen LogP contribution in [-0.2, 0) is 22.4 Å². The molecule has 0 bridgehead atoms. The number of hydrogen-bond acceptors (Lipinski definition) is 8. The fourth-order valence-electron chi connectivity index (χ4n) is 3.85. The maximum absolute atomic E-state index is 5.87. The van der Waals surface area contributed by atoms with Gasteiger partial charge in [-0.3, -0.25) is 4.57 Å². The zero-order chi connectivity index (χ0) is 18.6. The zero-order valence-corrected chi connectivity index (χ0v) is 16.1. The van der Waals surface area contributed by atoms with Crippen LogP contribution in [0.5, 0.6) is 0 Å². The van der Waals surface area contributed by atoms with E-state index in [-0.39, 0.29) is 6.10 Å². The Morgan fingerprint density at radius 3 is 2.85 bits per heavy atom. The van der Waals surface area contributed by atoms with Crippen molar-refractivity contribution in [2.75, 3.05) is 38.3 Å². The molecule has 0 spiro atoms. The van der Waals surface area contributed by atoms with Crippen LogP contribution in [0.2, 0.25) is 0 Å². The molecule has 2 aliphatic heterocycles. The van der Waals surface area contributed by atoms with E-state index in [1.54, 1.807) is 0 Å². The van der Waals surface area contributed by atoms with Gasteiger partial charge in [0, 0.05) is 45.7 Å². The molecule has 2 aliphatic rings. The van der Waals surface area contributed by atoms with Gasteiger partial charge in [0.2, 0.25) is 11.8 Å². The summed E-state index contributed by atoms with van der Waals surface area (Å²) in [6.45, 7) is 6.03. The highest BCUT2D eigenvalue weighted by Gasteiger charge is 2.27. The van der Waals surface area contributed by atoms with Crippen molar-refractivity contribution in [3.8, 4) is 0 Å². The summed E-state index contributed by atoms with van der Waals surface area (Å²) in [6, 6.07) is 0. The fourth-order valence-corrected chi connectivity index (χ4v) is 3.85. The molecule has 0 aromatic carbocycles. The van der Waals surface area contributed by atoms with Gasteiger partial charge in [0.25, 0.3) is 0 Å². The van der Waals surface area contributed by atoms with Gasteiger partial charge < -0.3 is 18.9 Å². The van der Waals surface area contributed by atoms with Gasteiger partial charge in [0.15, 0.2) is 11.6 Å². The van der Waals surface area contributed by atoms with Gasteiger partial charge in [-0.2, -0.15) is 4.98 Å². The number of nitrogens with zero attached hydrogens (tertiary/aromatic N) is 6. The van der Waals surface area contributed by atoms with E-state index in [0.717, 1.165) is 76.8 Å². The van der Waals surface area contributed by atoms with E-state index in [9.17, 15) is 0 Å². The van der Waals surface area contributed by atoms with Crippen LogP contribution in [0.3, 0.4) is 0 Å². The van der Waals surface area contributed by atoms with Gasteiger partial charge in [-0.15, -0.1) is 10.2 Å². The van der Waals surface area contributed by atoms with Crippen LogP contribution in [-0.4, -0.2) is 58.3 Å². The predicted octanol–water partition coefficient (Wildman–Crippen LogP) is 1.93. The topological polar surface area (TPSA) is 91.3 Å². The Bertz CT molecular complexity index is 733. The molecule has 2 aromatic heterocycles. The summed E-state index contributed by atoms with van der Waals surface area (Å²) in [4.78, 5) is 6.48. The van der Waals surface area contributed by atoms with Crippen molar-refractivity contribution in [3.63, 3.8) is 0 Å². The van der Waals surface area contributed by atoms with Gasteiger partial charge in [0.1, 0.15) is 6.10 Å². The van der Waals surface area contributed by atoms with Crippen LogP contribution < -0.4 is 4.90 Å². The lowest BCUT2D eigenvalue weighted by Gasteiger charge is -2.23. The molecular weight excluding hydrogens is 348 g/mol. The van der Waals surface area contributed by atoms with Crippen LogP contribution in [0.15, 0.2) is 4.52 Å². The molecule has 9 heteroatoms. The third kappa shape index (κ3) is 4.30. The molecule has 2 aromatic rings. The summed E-state index contributed by atoms with van der Waals surface area (Å²) in [7, 11) is 2.08. The quantitative estimate of drug-likeness (QED) is 0.690. The summed E-state index contributed by atoms with van der Waals surface area (Å²) in [6.07, 6.45) is 4.84. The molecule has 0 saturated carbocycles. The summed E-state index contributed by atoms with van der Waals surface area (Å²) in [5.74, 6) is 3.73. The number of aromatic nitrogens is 5.